The van der Waals surface area contributed by atoms with Crippen LogP contribution in [0.15, 0.2) is 97.3 Å². The van der Waals surface area contributed by atoms with E-state index >= 15 is 4.79 Å². The summed E-state index contributed by atoms with van der Waals surface area (Å²) in [6.45, 7) is 5.89. The predicted molar refractivity (Wildman–Crippen MR) is 330 cm³/mol. The number of benzene rings is 4. The average Bonchev–Trinajstić information content (AvgIpc) is 2.96. The van der Waals surface area contributed by atoms with E-state index in [1.54, 1.807) is 60.2 Å². The number of aromatic hydroxyl groups is 1. The molecular weight excluding hydrogens is 1160 g/mol. The van der Waals surface area contributed by atoms with Gasteiger partial charge in [-0.05, 0) is 136 Å². The average molecular weight is 1230 g/mol. The summed E-state index contributed by atoms with van der Waals surface area (Å²) in [5.41, 5.74) is 4.99. The molecule has 2 bridgehead atoms. The third-order valence-electron chi connectivity index (χ3n) is 16.1. The number of nitrogens with zero attached hydrogens (tertiary/aromatic N) is 2. The Balaban J connectivity index is 0.979. The van der Waals surface area contributed by atoms with Gasteiger partial charge in [0.2, 0.25) is 47.3 Å². The van der Waals surface area contributed by atoms with Gasteiger partial charge in [-0.1, -0.05) is 36.4 Å². The molecule has 87 heavy (non-hydrogen) atoms. The van der Waals surface area contributed by atoms with Crippen LogP contribution in [0.2, 0.25) is 0 Å². The van der Waals surface area contributed by atoms with Crippen molar-refractivity contribution in [3.63, 3.8) is 0 Å². The lowest BCUT2D eigenvalue weighted by Crippen LogP contribution is -2.60. The number of fused-ring (bicyclic) bond motifs is 6. The molecule has 5 heterocycles. The van der Waals surface area contributed by atoms with Crippen LogP contribution >= 0.6 is 23.5 Å². The number of hydrogen-bond donors (Lipinski definition) is 10. The van der Waals surface area contributed by atoms with E-state index < -0.39 is 95.4 Å². The number of carbonyl (C=O) groups is 8. The molecule has 3 aliphatic rings. The third kappa shape index (κ3) is 17.0. The lowest BCUT2D eigenvalue weighted by molar-refractivity contribution is -0.142. The smallest absolute Gasteiger partial charge is 0.246 e. The van der Waals surface area contributed by atoms with Gasteiger partial charge in [-0.3, -0.25) is 43.3 Å². The number of halogens is 2. The number of aromatic amines is 2. The van der Waals surface area contributed by atoms with Crippen LogP contribution in [0.1, 0.15) is 80.7 Å². The zero-order valence-corrected chi connectivity index (χ0v) is 50.5. The van der Waals surface area contributed by atoms with Crippen molar-refractivity contribution in [2.75, 3.05) is 37.7 Å². The van der Waals surface area contributed by atoms with Gasteiger partial charge in [-0.2, -0.15) is 23.5 Å². The Morgan fingerprint density at radius 3 is 1.79 bits per heavy atom. The fourth-order valence-corrected chi connectivity index (χ4v) is 13.2. The van der Waals surface area contributed by atoms with Crippen molar-refractivity contribution >= 4 is 92.6 Å². The summed E-state index contributed by atoms with van der Waals surface area (Å²) in [5.74, 6) is -3.12. The summed E-state index contributed by atoms with van der Waals surface area (Å²) in [6, 6.07) is 14.6. The molecular formula is C63H75F2N11O9S2. The van der Waals surface area contributed by atoms with Crippen molar-refractivity contribution in [2.45, 2.75) is 132 Å². The molecule has 3 aliphatic heterocycles. The number of thioether (sulfide) groups is 2. The van der Waals surface area contributed by atoms with E-state index in [-0.39, 0.29) is 49.8 Å². The number of phenols is 1. The molecule has 0 saturated carbocycles. The second-order valence-electron chi connectivity index (χ2n) is 22.7. The van der Waals surface area contributed by atoms with Crippen LogP contribution in [0.5, 0.6) is 5.75 Å². The molecule has 4 aromatic carbocycles. The summed E-state index contributed by atoms with van der Waals surface area (Å²) in [5, 5.41) is 30.8. The molecule has 0 spiro atoms. The van der Waals surface area contributed by atoms with Crippen molar-refractivity contribution in [2.24, 2.45) is 0 Å². The van der Waals surface area contributed by atoms with Crippen LogP contribution in [0.3, 0.4) is 0 Å². The minimum atomic E-state index is -1.46. The largest absolute Gasteiger partial charge is 0.508 e. The van der Waals surface area contributed by atoms with Gasteiger partial charge >= 0.3 is 0 Å². The van der Waals surface area contributed by atoms with E-state index in [0.29, 0.717) is 89.1 Å². The highest BCUT2D eigenvalue weighted by molar-refractivity contribution is 7.98. The Hall–Kier alpha value is -7.96. The minimum Gasteiger partial charge on any atom is -0.508 e. The lowest BCUT2D eigenvalue weighted by Gasteiger charge is -2.31. The second kappa shape index (κ2) is 29.6. The highest BCUT2D eigenvalue weighted by atomic mass is 32.2. The maximum Gasteiger partial charge on any atom is 0.246 e. The van der Waals surface area contributed by atoms with Gasteiger partial charge < -0.3 is 57.2 Å². The van der Waals surface area contributed by atoms with Crippen LogP contribution in [-0.2, 0) is 69.1 Å². The summed E-state index contributed by atoms with van der Waals surface area (Å²) in [7, 11) is 0. The van der Waals surface area contributed by atoms with E-state index in [1.807, 2.05) is 18.2 Å². The highest BCUT2D eigenvalue weighted by Gasteiger charge is 2.40. The van der Waals surface area contributed by atoms with Crippen LogP contribution < -0.4 is 37.2 Å². The molecule has 2 saturated heterocycles. The Bertz CT molecular complexity index is 3470. The number of carbonyl (C=O) groups excluding carboxylic acids is 8. The van der Waals surface area contributed by atoms with Crippen LogP contribution in [-0.4, -0.2) is 158 Å². The Labute approximate surface area is 511 Å². The number of rotatable bonds is 6. The summed E-state index contributed by atoms with van der Waals surface area (Å²) < 4.78 is 29.6. The highest BCUT2D eigenvalue weighted by Crippen LogP contribution is 2.27. The zero-order chi connectivity index (χ0) is 61.7. The first-order chi connectivity index (χ1) is 41.8. The Morgan fingerprint density at radius 1 is 0.563 bits per heavy atom. The summed E-state index contributed by atoms with van der Waals surface area (Å²) in [6.07, 6.45) is 5.17. The number of nitrogens with one attached hydrogen (secondary N) is 9. The van der Waals surface area contributed by atoms with E-state index in [1.165, 1.54) is 62.1 Å². The molecule has 8 atom stereocenters. The van der Waals surface area contributed by atoms with Gasteiger partial charge in [-0.25, -0.2) is 8.78 Å². The van der Waals surface area contributed by atoms with E-state index in [9.17, 15) is 47.4 Å². The van der Waals surface area contributed by atoms with Gasteiger partial charge in [0.1, 0.15) is 53.6 Å². The molecule has 462 valence electrons. The van der Waals surface area contributed by atoms with E-state index in [0.717, 1.165) is 28.9 Å². The first-order valence-electron chi connectivity index (χ1n) is 29.5. The standard InChI is InChI=1S/C63H75F2N11O9S2/c1-36-57(79)70-38(3)59(81)73-52(27-42-31-67-50-17-13-44(64)29-48(42)50)60(82)74-53(28-43-32-68-51-18-14-45(65)30-49(43)51)63(85)76-22-6-10-55(76)62(84)71-37(2)58(80)72-46(26-39-11-15-47(77)16-12-39)33-75-21-5-9-54(75)61(83)66-20-24-87-35-41-8-4-7-40(25-41)34-86-23-19-56(78)69-36/h4,7-8,11-18,25,29-32,36-38,46,52-55,67-68,77H,5-6,9-10,19-24,26-28,33-35H2,1-3H3,(H,66,83)(H,69,78)(H,70,79)(H,71,84)(H,72,80)(H,73,81)(H,74,82)/t36-,37+,38-,46+,52+,53+,54+,55+/m1/s1. The van der Waals surface area contributed by atoms with Crippen molar-refractivity contribution in [3.05, 3.63) is 137 Å². The maximum absolute atomic E-state index is 15.2. The van der Waals surface area contributed by atoms with Gasteiger partial charge in [-0.15, -0.1) is 0 Å². The number of H-pyrrole nitrogens is 2. The number of aromatic nitrogens is 2. The van der Waals surface area contributed by atoms with Gasteiger partial charge in [0.15, 0.2) is 0 Å². The van der Waals surface area contributed by atoms with Crippen molar-refractivity contribution in [3.8, 4) is 5.75 Å². The third-order valence-corrected chi connectivity index (χ3v) is 18.2. The topological polar surface area (TPSA) is 279 Å². The van der Waals surface area contributed by atoms with Crippen molar-refractivity contribution in [1.29, 1.82) is 0 Å². The molecule has 9 rings (SSSR count). The molecule has 20 nitrogen and oxygen atoms in total. The summed E-state index contributed by atoms with van der Waals surface area (Å²) in [4.78, 5) is 123. The fourth-order valence-electron chi connectivity index (χ4n) is 11.5. The molecule has 24 heteroatoms. The Morgan fingerprint density at radius 2 is 1.13 bits per heavy atom. The normalized spacial score (nSPS) is 24.6. The monoisotopic (exact) mass is 1230 g/mol. The molecule has 6 aromatic rings. The molecule has 2 fully saturated rings. The molecule has 0 unspecified atom stereocenters. The number of phenolic OH excluding ortho intramolecular Hbond substituents is 1. The van der Waals surface area contributed by atoms with Crippen molar-refractivity contribution < 1.29 is 52.2 Å². The number of amides is 8. The summed E-state index contributed by atoms with van der Waals surface area (Å²) >= 11 is 3.26. The molecule has 0 radical (unpaired) electrons. The fraction of sp³-hybridized carbons (Fsp3) is 0.429. The molecule has 10 N–H and O–H groups in total. The van der Waals surface area contributed by atoms with E-state index in [2.05, 4.69) is 58.2 Å². The van der Waals surface area contributed by atoms with Gasteiger partial charge in [0.25, 0.3) is 0 Å². The Kier molecular flexibility index (Phi) is 21.6. The zero-order valence-electron chi connectivity index (χ0n) is 48.9. The predicted octanol–water partition coefficient (Wildman–Crippen LogP) is 4.77. The van der Waals surface area contributed by atoms with E-state index in [4.69, 9.17) is 0 Å². The van der Waals surface area contributed by atoms with Crippen LogP contribution in [0.25, 0.3) is 21.8 Å². The van der Waals surface area contributed by atoms with Gasteiger partial charge in [0, 0.05) is 102 Å². The minimum absolute atomic E-state index is 0.0780. The quantitative estimate of drug-likeness (QED) is 0.108. The van der Waals surface area contributed by atoms with Crippen LogP contribution in [0.4, 0.5) is 8.78 Å². The SMILES string of the molecule is C[C@@H]1NC(=O)[C@@H]2CCCN2C(=O)[C@H](Cc2c[nH]c3ccc(F)cc23)NC(=O)[C@H](Cc2c[nH]c3ccc(F)cc23)NC(=O)[C@@H](C)NC(=O)[C@@H](C)NC(=O)CCSCc2cccc(c2)CSCCNC(=O)[C@@H]2CCCN2C[C@H](Cc2ccc(O)cc2)NC1=O. The first-order valence-corrected chi connectivity index (χ1v) is 31.8. The maximum atomic E-state index is 15.2. The number of hydrogen-bond acceptors (Lipinski definition) is 12. The molecule has 2 aromatic heterocycles. The second-order valence-corrected chi connectivity index (χ2v) is 24.9. The van der Waals surface area contributed by atoms with Crippen molar-refractivity contribution in [1.82, 2.24) is 57.0 Å². The molecule has 0 aliphatic carbocycles. The van der Waals surface area contributed by atoms with Gasteiger partial charge in [0.05, 0.1) is 6.04 Å². The molecule has 8 amide bonds. The first kappa shape index (κ1) is 63.5. The lowest BCUT2D eigenvalue weighted by atomic mass is 10.0. The van der Waals surface area contributed by atoms with Crippen LogP contribution in [0, 0.1) is 11.6 Å².